The van der Waals surface area contributed by atoms with Gasteiger partial charge >= 0.3 is 0 Å². The SMILES string of the molecule is Cc1ccc(CC2CCCN2C(=O)Cc2ccc(N)cc2)cc1.Cl. The van der Waals surface area contributed by atoms with Crippen LogP contribution in [0.15, 0.2) is 48.5 Å². The van der Waals surface area contributed by atoms with Crippen LogP contribution in [0.4, 0.5) is 5.69 Å². The van der Waals surface area contributed by atoms with Crippen molar-refractivity contribution in [3.63, 3.8) is 0 Å². The predicted molar refractivity (Wildman–Crippen MR) is 101 cm³/mol. The molecule has 3 rings (SSSR count). The van der Waals surface area contributed by atoms with Crippen LogP contribution in [-0.2, 0) is 17.6 Å². The summed E-state index contributed by atoms with van der Waals surface area (Å²) >= 11 is 0. The van der Waals surface area contributed by atoms with E-state index in [0.717, 1.165) is 37.1 Å². The molecule has 0 bridgehead atoms. The number of nitrogens with two attached hydrogens (primary N) is 1. The van der Waals surface area contributed by atoms with Gasteiger partial charge in [0.05, 0.1) is 6.42 Å². The van der Waals surface area contributed by atoms with E-state index >= 15 is 0 Å². The Bertz CT molecular complexity index is 667. The van der Waals surface area contributed by atoms with Crippen molar-refractivity contribution >= 4 is 24.0 Å². The fraction of sp³-hybridized carbons (Fsp3) is 0.350. The molecule has 0 radical (unpaired) electrons. The van der Waals surface area contributed by atoms with Gasteiger partial charge in [0.2, 0.25) is 5.91 Å². The van der Waals surface area contributed by atoms with E-state index in [4.69, 9.17) is 5.73 Å². The molecule has 0 aliphatic carbocycles. The van der Waals surface area contributed by atoms with E-state index in [1.54, 1.807) is 0 Å². The molecule has 2 N–H and O–H groups in total. The number of amides is 1. The number of hydrogen-bond acceptors (Lipinski definition) is 2. The van der Waals surface area contributed by atoms with Gasteiger partial charge in [0.15, 0.2) is 0 Å². The van der Waals surface area contributed by atoms with Crippen LogP contribution >= 0.6 is 12.4 Å². The minimum absolute atomic E-state index is 0. The molecular weight excluding hydrogens is 320 g/mol. The number of hydrogen-bond donors (Lipinski definition) is 1. The summed E-state index contributed by atoms with van der Waals surface area (Å²) in [4.78, 5) is 14.7. The Kier molecular flexibility index (Phi) is 6.27. The van der Waals surface area contributed by atoms with Crippen LogP contribution in [0.3, 0.4) is 0 Å². The smallest absolute Gasteiger partial charge is 0.227 e. The number of aryl methyl sites for hydroxylation is 1. The third-order valence-corrected chi connectivity index (χ3v) is 4.62. The van der Waals surface area contributed by atoms with Gasteiger partial charge in [0.25, 0.3) is 0 Å². The third kappa shape index (κ3) is 4.51. The van der Waals surface area contributed by atoms with E-state index in [-0.39, 0.29) is 18.3 Å². The quantitative estimate of drug-likeness (QED) is 0.858. The van der Waals surface area contributed by atoms with Crippen molar-refractivity contribution in [1.82, 2.24) is 4.90 Å². The molecule has 0 saturated carbocycles. The molecule has 1 saturated heterocycles. The molecule has 4 heteroatoms. The number of benzene rings is 2. The average molecular weight is 345 g/mol. The highest BCUT2D eigenvalue weighted by atomic mass is 35.5. The Balaban J connectivity index is 0.00000208. The summed E-state index contributed by atoms with van der Waals surface area (Å²) in [7, 11) is 0. The Hall–Kier alpha value is -2.00. The molecule has 1 heterocycles. The monoisotopic (exact) mass is 344 g/mol. The van der Waals surface area contributed by atoms with Crippen molar-refractivity contribution in [2.24, 2.45) is 0 Å². The summed E-state index contributed by atoms with van der Waals surface area (Å²) < 4.78 is 0. The number of nitrogens with zero attached hydrogens (tertiary/aromatic N) is 1. The van der Waals surface area contributed by atoms with Gasteiger partial charge in [-0.25, -0.2) is 0 Å². The summed E-state index contributed by atoms with van der Waals surface area (Å²) in [5, 5.41) is 0. The lowest BCUT2D eigenvalue weighted by atomic mass is 10.0. The van der Waals surface area contributed by atoms with Gasteiger partial charge in [-0.2, -0.15) is 0 Å². The number of likely N-dealkylation sites (tertiary alicyclic amines) is 1. The Morgan fingerprint density at radius 2 is 1.71 bits per heavy atom. The molecule has 1 aliphatic rings. The molecular formula is C20H25ClN2O. The third-order valence-electron chi connectivity index (χ3n) is 4.62. The molecule has 0 aromatic heterocycles. The maximum absolute atomic E-state index is 12.6. The maximum Gasteiger partial charge on any atom is 0.227 e. The molecule has 2 aromatic carbocycles. The van der Waals surface area contributed by atoms with Gasteiger partial charge in [-0.05, 0) is 49.4 Å². The summed E-state index contributed by atoms with van der Waals surface area (Å²) in [5.74, 6) is 0.226. The van der Waals surface area contributed by atoms with Crippen molar-refractivity contribution in [2.45, 2.75) is 38.6 Å². The molecule has 1 atom stereocenters. The fourth-order valence-corrected chi connectivity index (χ4v) is 3.28. The minimum Gasteiger partial charge on any atom is -0.399 e. The van der Waals surface area contributed by atoms with E-state index in [1.807, 2.05) is 24.3 Å². The molecule has 1 fully saturated rings. The zero-order valence-corrected chi connectivity index (χ0v) is 14.9. The van der Waals surface area contributed by atoms with E-state index in [2.05, 4.69) is 36.1 Å². The normalized spacial score (nSPS) is 16.7. The van der Waals surface area contributed by atoms with Crippen molar-refractivity contribution in [3.05, 3.63) is 65.2 Å². The molecule has 1 aliphatic heterocycles. The van der Waals surface area contributed by atoms with Crippen molar-refractivity contribution in [1.29, 1.82) is 0 Å². The van der Waals surface area contributed by atoms with Crippen LogP contribution in [0.2, 0.25) is 0 Å². The van der Waals surface area contributed by atoms with Crippen LogP contribution in [0, 0.1) is 6.92 Å². The summed E-state index contributed by atoms with van der Waals surface area (Å²) in [5.41, 5.74) is 10.1. The summed E-state index contributed by atoms with van der Waals surface area (Å²) in [6, 6.07) is 16.6. The molecule has 1 unspecified atom stereocenters. The van der Waals surface area contributed by atoms with Gasteiger partial charge in [-0.1, -0.05) is 42.0 Å². The highest BCUT2D eigenvalue weighted by molar-refractivity contribution is 5.85. The van der Waals surface area contributed by atoms with Crippen molar-refractivity contribution in [3.8, 4) is 0 Å². The molecule has 24 heavy (non-hydrogen) atoms. The topological polar surface area (TPSA) is 46.3 Å². The lowest BCUT2D eigenvalue weighted by molar-refractivity contribution is -0.131. The Morgan fingerprint density at radius 3 is 2.38 bits per heavy atom. The lowest BCUT2D eigenvalue weighted by Gasteiger charge is -2.25. The Morgan fingerprint density at radius 1 is 1.08 bits per heavy atom. The van der Waals surface area contributed by atoms with Crippen molar-refractivity contribution < 1.29 is 4.79 Å². The summed E-state index contributed by atoms with van der Waals surface area (Å²) in [6.45, 7) is 2.98. The van der Waals surface area contributed by atoms with Crippen LogP contribution in [0.25, 0.3) is 0 Å². The number of anilines is 1. The molecule has 0 spiro atoms. The van der Waals surface area contributed by atoms with Gasteiger partial charge in [-0.3, -0.25) is 4.79 Å². The number of halogens is 1. The second-order valence-corrected chi connectivity index (χ2v) is 6.49. The number of carbonyl (C=O) groups is 1. The molecule has 128 valence electrons. The molecule has 2 aromatic rings. The largest absolute Gasteiger partial charge is 0.399 e. The van der Waals surface area contributed by atoms with Crippen molar-refractivity contribution in [2.75, 3.05) is 12.3 Å². The van der Waals surface area contributed by atoms with Gasteiger partial charge < -0.3 is 10.6 Å². The van der Waals surface area contributed by atoms with E-state index in [0.29, 0.717) is 12.5 Å². The zero-order chi connectivity index (χ0) is 16.2. The first kappa shape index (κ1) is 18.3. The molecule has 1 amide bonds. The first-order valence-electron chi connectivity index (χ1n) is 8.31. The fourth-order valence-electron chi connectivity index (χ4n) is 3.28. The van der Waals surface area contributed by atoms with Crippen LogP contribution in [-0.4, -0.2) is 23.4 Å². The van der Waals surface area contributed by atoms with Gasteiger partial charge in [0, 0.05) is 18.3 Å². The van der Waals surface area contributed by atoms with Crippen LogP contribution < -0.4 is 5.73 Å². The van der Waals surface area contributed by atoms with Gasteiger partial charge in [-0.15, -0.1) is 12.4 Å². The predicted octanol–water partition coefficient (Wildman–Crippen LogP) is 3.78. The highest BCUT2D eigenvalue weighted by Gasteiger charge is 2.28. The van der Waals surface area contributed by atoms with E-state index < -0.39 is 0 Å². The lowest BCUT2D eigenvalue weighted by Crippen LogP contribution is -2.37. The second-order valence-electron chi connectivity index (χ2n) is 6.49. The first-order valence-corrected chi connectivity index (χ1v) is 8.31. The number of nitrogen functional groups attached to an aromatic ring is 1. The number of rotatable bonds is 4. The highest BCUT2D eigenvalue weighted by Crippen LogP contribution is 2.22. The van der Waals surface area contributed by atoms with Crippen LogP contribution in [0.1, 0.15) is 29.5 Å². The minimum atomic E-state index is 0. The Labute approximate surface area is 150 Å². The second kappa shape index (κ2) is 8.20. The van der Waals surface area contributed by atoms with E-state index in [1.165, 1.54) is 11.1 Å². The van der Waals surface area contributed by atoms with Gasteiger partial charge in [0.1, 0.15) is 0 Å². The van der Waals surface area contributed by atoms with Crippen LogP contribution in [0.5, 0.6) is 0 Å². The molecule has 3 nitrogen and oxygen atoms in total. The standard InChI is InChI=1S/C20H24N2O.ClH/c1-15-4-6-16(7-5-15)13-19-3-2-12-22(19)20(23)14-17-8-10-18(21)11-9-17;/h4-11,19H,2-3,12-14,21H2,1H3;1H. The summed E-state index contributed by atoms with van der Waals surface area (Å²) in [6.07, 6.45) is 3.61. The van der Waals surface area contributed by atoms with E-state index in [9.17, 15) is 4.79 Å². The first-order chi connectivity index (χ1) is 11.1. The number of carbonyl (C=O) groups excluding carboxylic acids is 1. The average Bonchev–Trinajstić information content (AvgIpc) is 3.00. The zero-order valence-electron chi connectivity index (χ0n) is 14.1. The maximum atomic E-state index is 12.6.